The fraction of sp³-hybridized carbons (Fsp3) is 0.571. The summed E-state index contributed by atoms with van der Waals surface area (Å²) in [6.07, 6.45) is 2.38. The molecule has 5 heterocycles. The van der Waals surface area contributed by atoms with Gasteiger partial charge in [-0.15, -0.1) is 0 Å². The van der Waals surface area contributed by atoms with Crippen LogP contribution < -0.4 is 4.90 Å². The van der Waals surface area contributed by atoms with E-state index < -0.39 is 0 Å². The molecule has 10 nitrogen and oxygen atoms in total. The molecule has 0 atom stereocenters. The predicted octanol–water partition coefficient (Wildman–Crippen LogP) is 3.15. The Hall–Kier alpha value is -3.08. The second-order valence-corrected chi connectivity index (χ2v) is 11.0. The number of aryl methyl sites for hydroxylation is 2. The Bertz CT molecular complexity index is 1430. The first kappa shape index (κ1) is 25.2. The summed E-state index contributed by atoms with van der Waals surface area (Å²) in [7, 11) is 4.31. The summed E-state index contributed by atoms with van der Waals surface area (Å²) < 4.78 is 9.85. The van der Waals surface area contributed by atoms with Crippen LogP contribution in [0.2, 0.25) is 0 Å². The molecule has 1 aromatic carbocycles. The zero-order chi connectivity index (χ0) is 26.4. The molecule has 0 N–H and O–H groups in total. The first-order valence-corrected chi connectivity index (χ1v) is 13.9. The third-order valence-electron chi connectivity index (χ3n) is 8.26. The predicted molar refractivity (Wildman–Crippen MR) is 150 cm³/mol. The lowest BCUT2D eigenvalue weighted by Gasteiger charge is -2.38. The van der Waals surface area contributed by atoms with Crippen molar-refractivity contribution in [1.29, 1.82) is 0 Å². The van der Waals surface area contributed by atoms with Gasteiger partial charge < -0.3 is 19.1 Å². The third kappa shape index (κ3) is 4.54. The Labute approximate surface area is 224 Å². The molecule has 38 heavy (non-hydrogen) atoms. The molecule has 2 saturated heterocycles. The molecule has 3 aromatic heterocycles. The molecule has 0 radical (unpaired) electrons. The van der Waals surface area contributed by atoms with Gasteiger partial charge in [0.15, 0.2) is 17.0 Å². The second-order valence-electron chi connectivity index (χ2n) is 11.0. The minimum absolute atomic E-state index is 0.560. The largest absolute Gasteiger partial charge is 0.378 e. The Kier molecular flexibility index (Phi) is 6.79. The van der Waals surface area contributed by atoms with E-state index in [1.165, 1.54) is 12.8 Å². The Morgan fingerprint density at radius 2 is 1.74 bits per heavy atom. The number of fused-ring (bicyclic) bond motifs is 2. The first-order chi connectivity index (χ1) is 18.4. The van der Waals surface area contributed by atoms with Crippen molar-refractivity contribution in [3.63, 3.8) is 0 Å². The number of benzene rings is 1. The number of nitrogens with zero attached hydrogens (tertiary/aromatic N) is 9. The van der Waals surface area contributed by atoms with E-state index in [1.807, 2.05) is 25.1 Å². The summed E-state index contributed by atoms with van der Waals surface area (Å²) in [4.78, 5) is 27.4. The number of likely N-dealkylation sites (tertiary alicyclic amines) is 1. The average Bonchev–Trinajstić information content (AvgIpc) is 3.44. The summed E-state index contributed by atoms with van der Waals surface area (Å²) in [5.41, 5.74) is 3.66. The molecule has 0 saturated carbocycles. The minimum atomic E-state index is 0.560. The van der Waals surface area contributed by atoms with Crippen LogP contribution in [0.15, 0.2) is 24.3 Å². The fourth-order valence-electron chi connectivity index (χ4n) is 5.91. The summed E-state index contributed by atoms with van der Waals surface area (Å²) in [5.74, 6) is 3.39. The maximum atomic E-state index is 5.65. The Morgan fingerprint density at radius 1 is 1.00 bits per heavy atom. The van der Waals surface area contributed by atoms with Crippen LogP contribution in [0.5, 0.6) is 0 Å². The summed E-state index contributed by atoms with van der Waals surface area (Å²) in [6, 6.07) is 9.33. The van der Waals surface area contributed by atoms with Crippen LogP contribution in [0.4, 0.5) is 5.82 Å². The van der Waals surface area contributed by atoms with Gasteiger partial charge in [0.1, 0.15) is 11.6 Å². The molecule has 0 bridgehead atoms. The molecule has 2 fully saturated rings. The molecular formula is C28H39N9O. The van der Waals surface area contributed by atoms with Gasteiger partial charge in [-0.25, -0.2) is 9.97 Å². The topological polar surface area (TPSA) is 80.4 Å². The lowest BCUT2D eigenvalue weighted by Crippen LogP contribution is -2.45. The van der Waals surface area contributed by atoms with Crippen LogP contribution in [-0.4, -0.2) is 97.4 Å². The van der Waals surface area contributed by atoms with E-state index in [9.17, 15) is 0 Å². The number of rotatable bonds is 6. The van der Waals surface area contributed by atoms with Crippen molar-refractivity contribution in [2.75, 3.05) is 51.3 Å². The van der Waals surface area contributed by atoms with Gasteiger partial charge >= 0.3 is 0 Å². The SMILES string of the molecule is Cc1nc2ccccc2n1-c1nc(N2CCOCC2)c2nc(CN(C)C3CCN(C(C)C)CC3)n(C)c2n1. The molecule has 0 spiro atoms. The van der Waals surface area contributed by atoms with Crippen LogP contribution in [0, 0.1) is 6.92 Å². The number of morpholine rings is 1. The number of hydrogen-bond donors (Lipinski definition) is 0. The van der Waals surface area contributed by atoms with Crippen molar-refractivity contribution < 1.29 is 4.74 Å². The molecule has 2 aliphatic heterocycles. The van der Waals surface area contributed by atoms with Gasteiger partial charge in [0, 0.05) is 32.2 Å². The van der Waals surface area contributed by atoms with E-state index in [0.717, 1.165) is 72.4 Å². The molecule has 202 valence electrons. The lowest BCUT2D eigenvalue weighted by molar-refractivity contribution is 0.102. The number of para-hydroxylation sites is 2. The molecule has 0 aliphatic carbocycles. The summed E-state index contributed by atoms with van der Waals surface area (Å²) in [6.45, 7) is 12.6. The van der Waals surface area contributed by atoms with Gasteiger partial charge in [-0.05, 0) is 65.9 Å². The zero-order valence-electron chi connectivity index (χ0n) is 23.3. The molecule has 0 amide bonds. The van der Waals surface area contributed by atoms with Gasteiger partial charge in [0.25, 0.3) is 0 Å². The molecule has 6 rings (SSSR count). The molecule has 0 unspecified atom stereocenters. The quantitative estimate of drug-likeness (QED) is 0.386. The van der Waals surface area contributed by atoms with Crippen LogP contribution in [0.25, 0.3) is 28.1 Å². The summed E-state index contributed by atoms with van der Waals surface area (Å²) in [5, 5.41) is 0. The lowest BCUT2D eigenvalue weighted by atomic mass is 10.0. The molecule has 2 aliphatic rings. The minimum Gasteiger partial charge on any atom is -0.378 e. The number of aromatic nitrogens is 6. The molecule has 10 heteroatoms. The molecular weight excluding hydrogens is 478 g/mol. The smallest absolute Gasteiger partial charge is 0.239 e. The van der Waals surface area contributed by atoms with Crippen molar-refractivity contribution in [3.8, 4) is 5.95 Å². The number of hydrogen-bond acceptors (Lipinski definition) is 8. The van der Waals surface area contributed by atoms with Gasteiger partial charge in [0.05, 0.1) is 30.8 Å². The number of piperidine rings is 1. The highest BCUT2D eigenvalue weighted by molar-refractivity contribution is 5.86. The Balaban J connectivity index is 1.39. The van der Waals surface area contributed by atoms with Gasteiger partial charge in [-0.3, -0.25) is 9.47 Å². The van der Waals surface area contributed by atoms with Crippen molar-refractivity contribution in [3.05, 3.63) is 35.9 Å². The highest BCUT2D eigenvalue weighted by Crippen LogP contribution is 2.29. The fourth-order valence-corrected chi connectivity index (χ4v) is 5.91. The maximum absolute atomic E-state index is 5.65. The maximum Gasteiger partial charge on any atom is 0.239 e. The van der Waals surface area contributed by atoms with Crippen LogP contribution in [0.3, 0.4) is 0 Å². The van der Waals surface area contributed by atoms with Crippen LogP contribution in [-0.2, 0) is 18.3 Å². The van der Waals surface area contributed by atoms with Crippen LogP contribution >= 0.6 is 0 Å². The second kappa shape index (κ2) is 10.2. The highest BCUT2D eigenvalue weighted by atomic mass is 16.5. The Morgan fingerprint density at radius 3 is 2.47 bits per heavy atom. The average molecular weight is 518 g/mol. The van der Waals surface area contributed by atoms with E-state index in [0.29, 0.717) is 31.2 Å². The highest BCUT2D eigenvalue weighted by Gasteiger charge is 2.27. The molecule has 4 aromatic rings. The van der Waals surface area contributed by atoms with Gasteiger partial charge in [-0.2, -0.15) is 9.97 Å². The van der Waals surface area contributed by atoms with Crippen molar-refractivity contribution in [2.45, 2.75) is 52.2 Å². The number of anilines is 1. The monoisotopic (exact) mass is 517 g/mol. The zero-order valence-corrected chi connectivity index (χ0v) is 23.3. The van der Waals surface area contributed by atoms with E-state index in [1.54, 1.807) is 0 Å². The van der Waals surface area contributed by atoms with Crippen molar-refractivity contribution >= 4 is 28.0 Å². The normalized spacial score (nSPS) is 18.0. The number of ether oxygens (including phenoxy) is 1. The summed E-state index contributed by atoms with van der Waals surface area (Å²) >= 11 is 0. The van der Waals surface area contributed by atoms with Crippen LogP contribution in [0.1, 0.15) is 38.3 Å². The van der Waals surface area contributed by atoms with E-state index in [4.69, 9.17) is 24.7 Å². The first-order valence-electron chi connectivity index (χ1n) is 13.9. The van der Waals surface area contributed by atoms with Gasteiger partial charge in [0.2, 0.25) is 5.95 Å². The van der Waals surface area contributed by atoms with Crippen molar-refractivity contribution in [1.82, 2.24) is 38.9 Å². The standard InChI is InChI=1S/C28H39N9O/c1-19(2)35-12-10-21(11-13-35)33(4)18-24-30-25-26(34(24)5)31-28(32-27(25)36-14-16-38-17-15-36)37-20(3)29-22-8-6-7-9-23(22)37/h6-9,19,21H,10-18H2,1-5H3. The van der Waals surface area contributed by atoms with Crippen molar-refractivity contribution in [2.24, 2.45) is 7.05 Å². The third-order valence-corrected chi connectivity index (χ3v) is 8.26. The van der Waals surface area contributed by atoms with E-state index >= 15 is 0 Å². The van der Waals surface area contributed by atoms with E-state index in [2.05, 4.69) is 57.8 Å². The van der Waals surface area contributed by atoms with E-state index in [-0.39, 0.29) is 0 Å². The number of imidazole rings is 2. The van der Waals surface area contributed by atoms with Gasteiger partial charge in [-0.1, -0.05) is 12.1 Å².